The van der Waals surface area contributed by atoms with Gasteiger partial charge in [-0.05, 0) is 12.5 Å². The lowest BCUT2D eigenvalue weighted by molar-refractivity contribution is -0.000184. The van der Waals surface area contributed by atoms with E-state index in [0.29, 0.717) is 19.7 Å². The molecule has 1 atom stereocenters. The third-order valence-electron chi connectivity index (χ3n) is 3.06. The molecule has 92 valence electrons. The molecule has 1 aromatic carbocycles. The van der Waals surface area contributed by atoms with Crippen molar-refractivity contribution in [2.75, 3.05) is 13.1 Å². The number of benzene rings is 1. The molecule has 1 aliphatic rings. The van der Waals surface area contributed by atoms with Crippen LogP contribution in [-0.4, -0.2) is 35.3 Å². The van der Waals surface area contributed by atoms with Gasteiger partial charge in [0, 0.05) is 19.0 Å². The van der Waals surface area contributed by atoms with Gasteiger partial charge in [0.15, 0.2) is 0 Å². The standard InChI is InChI=1S/C13H17NO3/c1-10(15)12-7-14(8-12)13(16)17-9-11-5-3-2-4-6-11/h2-6,10,12,15H,7-9H2,1H3. The van der Waals surface area contributed by atoms with Crippen molar-refractivity contribution in [3.63, 3.8) is 0 Å². The quantitative estimate of drug-likeness (QED) is 0.866. The number of amides is 1. The number of carbonyl (C=O) groups excluding carboxylic acids is 1. The van der Waals surface area contributed by atoms with Crippen molar-refractivity contribution in [1.82, 2.24) is 4.90 Å². The van der Waals surface area contributed by atoms with Crippen LogP contribution < -0.4 is 0 Å². The van der Waals surface area contributed by atoms with Gasteiger partial charge < -0.3 is 14.7 Å². The fourth-order valence-electron chi connectivity index (χ4n) is 1.78. The summed E-state index contributed by atoms with van der Waals surface area (Å²) in [6.07, 6.45) is -0.654. The number of aliphatic hydroxyl groups excluding tert-OH is 1. The molecule has 4 heteroatoms. The summed E-state index contributed by atoms with van der Waals surface area (Å²) in [5.74, 6) is 0.194. The zero-order valence-corrected chi connectivity index (χ0v) is 9.87. The maximum atomic E-state index is 11.6. The van der Waals surface area contributed by atoms with Gasteiger partial charge in [0.05, 0.1) is 6.10 Å². The Labute approximate surface area is 101 Å². The van der Waals surface area contributed by atoms with Crippen LogP contribution in [0.4, 0.5) is 4.79 Å². The first kappa shape index (κ1) is 11.9. The minimum atomic E-state index is -0.354. The van der Waals surface area contributed by atoms with Crippen molar-refractivity contribution in [3.8, 4) is 0 Å². The fourth-order valence-corrected chi connectivity index (χ4v) is 1.78. The summed E-state index contributed by atoms with van der Waals surface area (Å²) in [5.41, 5.74) is 0.980. The van der Waals surface area contributed by atoms with Crippen LogP contribution in [0.5, 0.6) is 0 Å². The van der Waals surface area contributed by atoms with Gasteiger partial charge in [-0.3, -0.25) is 0 Å². The van der Waals surface area contributed by atoms with Crippen molar-refractivity contribution < 1.29 is 14.6 Å². The first-order chi connectivity index (χ1) is 8.16. The number of hydrogen-bond acceptors (Lipinski definition) is 3. The summed E-state index contributed by atoms with van der Waals surface area (Å²) in [5, 5.41) is 9.30. The van der Waals surface area contributed by atoms with Crippen molar-refractivity contribution in [1.29, 1.82) is 0 Å². The fraction of sp³-hybridized carbons (Fsp3) is 0.462. The Morgan fingerprint density at radius 1 is 1.47 bits per heavy atom. The van der Waals surface area contributed by atoms with Crippen molar-refractivity contribution in [3.05, 3.63) is 35.9 Å². The molecule has 1 N–H and O–H groups in total. The third kappa shape index (κ3) is 2.97. The molecule has 1 unspecified atom stereocenters. The average Bonchev–Trinajstić information content (AvgIpc) is 2.25. The molecule has 0 aliphatic carbocycles. The highest BCUT2D eigenvalue weighted by Crippen LogP contribution is 2.20. The summed E-state index contributed by atoms with van der Waals surface area (Å²) in [7, 11) is 0. The number of rotatable bonds is 3. The largest absolute Gasteiger partial charge is 0.445 e. The predicted octanol–water partition coefficient (Wildman–Crippen LogP) is 1.64. The number of nitrogens with zero attached hydrogens (tertiary/aromatic N) is 1. The van der Waals surface area contributed by atoms with Gasteiger partial charge in [0.2, 0.25) is 0 Å². The van der Waals surface area contributed by atoms with E-state index in [1.807, 2.05) is 30.3 Å². The maximum Gasteiger partial charge on any atom is 0.410 e. The zero-order chi connectivity index (χ0) is 12.3. The molecule has 1 fully saturated rings. The molecule has 0 radical (unpaired) electrons. The molecule has 0 saturated carbocycles. The van der Waals surface area contributed by atoms with Crippen LogP contribution >= 0.6 is 0 Å². The molecule has 0 bridgehead atoms. The topological polar surface area (TPSA) is 49.8 Å². The number of ether oxygens (including phenoxy) is 1. The number of hydrogen-bond donors (Lipinski definition) is 1. The van der Waals surface area contributed by atoms with Crippen molar-refractivity contribution in [2.24, 2.45) is 5.92 Å². The van der Waals surface area contributed by atoms with Gasteiger partial charge in [-0.1, -0.05) is 30.3 Å². The molecule has 1 aliphatic heterocycles. The van der Waals surface area contributed by atoms with Crippen LogP contribution in [-0.2, 0) is 11.3 Å². The van der Waals surface area contributed by atoms with Crippen LogP contribution in [0.25, 0.3) is 0 Å². The first-order valence-electron chi connectivity index (χ1n) is 5.80. The number of carbonyl (C=O) groups is 1. The Kier molecular flexibility index (Phi) is 3.64. The average molecular weight is 235 g/mol. The molecular formula is C13H17NO3. The van der Waals surface area contributed by atoms with Crippen LogP contribution in [0.15, 0.2) is 30.3 Å². The van der Waals surface area contributed by atoms with Gasteiger partial charge in [-0.25, -0.2) is 4.79 Å². The minimum absolute atomic E-state index is 0.194. The Balaban J connectivity index is 1.73. The number of aliphatic hydroxyl groups is 1. The molecule has 4 nitrogen and oxygen atoms in total. The Morgan fingerprint density at radius 3 is 2.71 bits per heavy atom. The summed E-state index contributed by atoms with van der Waals surface area (Å²) in [6.45, 7) is 3.23. The van der Waals surface area contributed by atoms with Crippen LogP contribution in [0, 0.1) is 5.92 Å². The van der Waals surface area contributed by atoms with Gasteiger partial charge >= 0.3 is 6.09 Å². The van der Waals surface area contributed by atoms with Crippen molar-refractivity contribution in [2.45, 2.75) is 19.6 Å². The van der Waals surface area contributed by atoms with Crippen LogP contribution in [0.2, 0.25) is 0 Å². The zero-order valence-electron chi connectivity index (χ0n) is 9.87. The number of likely N-dealkylation sites (tertiary alicyclic amines) is 1. The van der Waals surface area contributed by atoms with E-state index in [1.165, 1.54) is 0 Å². The highest BCUT2D eigenvalue weighted by atomic mass is 16.6. The monoisotopic (exact) mass is 235 g/mol. The smallest absolute Gasteiger partial charge is 0.410 e. The second kappa shape index (κ2) is 5.19. The lowest BCUT2D eigenvalue weighted by Gasteiger charge is -2.39. The maximum absolute atomic E-state index is 11.6. The summed E-state index contributed by atoms with van der Waals surface area (Å²) in [6, 6.07) is 9.59. The normalized spacial score (nSPS) is 17.4. The molecule has 0 aromatic heterocycles. The van der Waals surface area contributed by atoms with E-state index in [-0.39, 0.29) is 18.1 Å². The second-order valence-corrected chi connectivity index (χ2v) is 4.45. The SMILES string of the molecule is CC(O)C1CN(C(=O)OCc2ccccc2)C1. The second-order valence-electron chi connectivity index (χ2n) is 4.45. The first-order valence-corrected chi connectivity index (χ1v) is 5.80. The van der Waals surface area contributed by atoms with Crippen molar-refractivity contribution >= 4 is 6.09 Å². The van der Waals surface area contributed by atoms with E-state index >= 15 is 0 Å². The molecule has 0 spiro atoms. The van der Waals surface area contributed by atoms with E-state index in [4.69, 9.17) is 4.74 Å². The lowest BCUT2D eigenvalue weighted by atomic mass is 9.95. The molecular weight excluding hydrogens is 218 g/mol. The Hall–Kier alpha value is -1.55. The van der Waals surface area contributed by atoms with Gasteiger partial charge in [0.1, 0.15) is 6.61 Å². The van der Waals surface area contributed by atoms with Gasteiger partial charge in [-0.2, -0.15) is 0 Å². The van der Waals surface area contributed by atoms with Crippen LogP contribution in [0.3, 0.4) is 0 Å². The highest BCUT2D eigenvalue weighted by Gasteiger charge is 2.34. The van der Waals surface area contributed by atoms with E-state index in [1.54, 1.807) is 11.8 Å². The Morgan fingerprint density at radius 2 is 2.12 bits per heavy atom. The summed E-state index contributed by atoms with van der Waals surface area (Å²) < 4.78 is 5.17. The van der Waals surface area contributed by atoms with E-state index in [9.17, 15) is 9.90 Å². The molecule has 17 heavy (non-hydrogen) atoms. The lowest BCUT2D eigenvalue weighted by Crippen LogP contribution is -2.53. The predicted molar refractivity (Wildman–Crippen MR) is 63.4 cm³/mol. The van der Waals surface area contributed by atoms with E-state index in [2.05, 4.69) is 0 Å². The molecule has 1 aromatic rings. The molecule has 1 saturated heterocycles. The van der Waals surface area contributed by atoms with Crippen LogP contribution in [0.1, 0.15) is 12.5 Å². The highest BCUT2D eigenvalue weighted by molar-refractivity contribution is 5.68. The Bertz CT molecular complexity index is 372. The molecule has 1 amide bonds. The van der Waals surface area contributed by atoms with E-state index in [0.717, 1.165) is 5.56 Å². The van der Waals surface area contributed by atoms with Gasteiger partial charge in [0.25, 0.3) is 0 Å². The van der Waals surface area contributed by atoms with Gasteiger partial charge in [-0.15, -0.1) is 0 Å². The molecule has 1 heterocycles. The molecule has 2 rings (SSSR count). The summed E-state index contributed by atoms with van der Waals surface area (Å²) in [4.78, 5) is 13.2. The summed E-state index contributed by atoms with van der Waals surface area (Å²) >= 11 is 0. The third-order valence-corrected chi connectivity index (χ3v) is 3.06. The van der Waals surface area contributed by atoms with E-state index < -0.39 is 0 Å². The minimum Gasteiger partial charge on any atom is -0.445 e.